The lowest BCUT2D eigenvalue weighted by Crippen LogP contribution is -2.30. The predicted molar refractivity (Wildman–Crippen MR) is 149 cm³/mol. The van der Waals surface area contributed by atoms with Gasteiger partial charge in [-0.2, -0.15) is 0 Å². The summed E-state index contributed by atoms with van der Waals surface area (Å²) in [4.78, 5) is 67.8. The van der Waals surface area contributed by atoms with Gasteiger partial charge in [0.1, 0.15) is 25.8 Å². The van der Waals surface area contributed by atoms with E-state index < -0.39 is 30.0 Å². The van der Waals surface area contributed by atoms with Crippen molar-refractivity contribution in [2.75, 3.05) is 13.2 Å². The van der Waals surface area contributed by atoms with Gasteiger partial charge in [-0.25, -0.2) is 0 Å². The second-order valence-corrected chi connectivity index (χ2v) is 10.1. The summed E-state index contributed by atoms with van der Waals surface area (Å²) in [7, 11) is 0. The number of unbranched alkanes of at least 4 members (excludes halogenated alkanes) is 14. The summed E-state index contributed by atoms with van der Waals surface area (Å²) in [6, 6.07) is 0. The molecule has 0 fully saturated rings. The van der Waals surface area contributed by atoms with Crippen molar-refractivity contribution in [2.24, 2.45) is 0 Å². The summed E-state index contributed by atoms with van der Waals surface area (Å²) >= 11 is 0. The smallest absolute Gasteiger partial charge is 0.306 e. The van der Waals surface area contributed by atoms with Crippen LogP contribution in [-0.2, 0) is 43.0 Å². The molecule has 0 aromatic carbocycles. The highest BCUT2D eigenvalue weighted by molar-refractivity contribution is 5.71. The van der Waals surface area contributed by atoms with Crippen LogP contribution in [0.1, 0.15) is 135 Å². The Morgan fingerprint density at radius 3 is 1.25 bits per heavy atom. The van der Waals surface area contributed by atoms with E-state index in [9.17, 15) is 28.8 Å². The van der Waals surface area contributed by atoms with Crippen LogP contribution in [-0.4, -0.2) is 60.9 Å². The topological polar surface area (TPSA) is 150 Å². The van der Waals surface area contributed by atoms with E-state index in [4.69, 9.17) is 19.3 Å². The van der Waals surface area contributed by atoms with Crippen LogP contribution in [0, 0.1) is 0 Å². The molecular weight excluding hydrogens is 520 g/mol. The van der Waals surface area contributed by atoms with Crippen molar-refractivity contribution in [1.29, 1.82) is 0 Å². The van der Waals surface area contributed by atoms with E-state index in [2.05, 4.69) is 0 Å². The van der Waals surface area contributed by atoms with Crippen LogP contribution < -0.4 is 0 Å². The second-order valence-electron chi connectivity index (χ2n) is 10.1. The number of aldehydes is 2. The Labute approximate surface area is 238 Å². The lowest BCUT2D eigenvalue weighted by atomic mass is 10.1. The molecule has 0 rings (SSSR count). The van der Waals surface area contributed by atoms with E-state index in [1.165, 1.54) is 0 Å². The van der Waals surface area contributed by atoms with Crippen molar-refractivity contribution in [3.63, 3.8) is 0 Å². The van der Waals surface area contributed by atoms with Gasteiger partial charge in [0.25, 0.3) is 0 Å². The Morgan fingerprint density at radius 2 is 0.850 bits per heavy atom. The van der Waals surface area contributed by atoms with Crippen LogP contribution in [0.15, 0.2) is 0 Å². The summed E-state index contributed by atoms with van der Waals surface area (Å²) in [6.07, 6.45) is 15.0. The summed E-state index contributed by atoms with van der Waals surface area (Å²) in [5.41, 5.74) is 0. The van der Waals surface area contributed by atoms with Crippen molar-refractivity contribution in [3.05, 3.63) is 0 Å². The Bertz CT molecular complexity index is 707. The van der Waals surface area contributed by atoms with Gasteiger partial charge in [-0.05, 0) is 38.5 Å². The van der Waals surface area contributed by atoms with Crippen LogP contribution in [0.4, 0.5) is 0 Å². The highest BCUT2D eigenvalue weighted by Gasteiger charge is 2.19. The third kappa shape index (κ3) is 26.8. The van der Waals surface area contributed by atoms with Gasteiger partial charge in [-0.1, -0.05) is 57.8 Å². The number of rotatable bonds is 29. The summed E-state index contributed by atoms with van der Waals surface area (Å²) in [6.45, 7) is -0.384. The number of carboxylic acids is 1. The Balaban J connectivity index is 4.39. The zero-order chi connectivity index (χ0) is 29.7. The molecule has 0 spiro atoms. The van der Waals surface area contributed by atoms with Gasteiger partial charge in [-0.3, -0.25) is 19.2 Å². The Hall–Kier alpha value is -2.78. The number of ether oxygens (including phenoxy) is 3. The molecule has 10 heteroatoms. The minimum absolute atomic E-state index is 0.149. The highest BCUT2D eigenvalue weighted by Crippen LogP contribution is 2.11. The standard InChI is InChI=1S/C30H50O10/c31-22-16-10-3-1-7-13-19-28(35)38-24-26(40-30(37)21-15-8-2-4-11-17-23-32)25-39-29(36)20-14-9-5-6-12-18-27(33)34/h22-23,26H,1-21,24-25H2,(H,33,34). The molecule has 0 amide bonds. The average Bonchev–Trinajstić information content (AvgIpc) is 2.92. The van der Waals surface area contributed by atoms with Crippen LogP contribution in [0.3, 0.4) is 0 Å². The maximum atomic E-state index is 12.3. The van der Waals surface area contributed by atoms with Crippen molar-refractivity contribution in [1.82, 2.24) is 0 Å². The van der Waals surface area contributed by atoms with Gasteiger partial charge < -0.3 is 28.9 Å². The van der Waals surface area contributed by atoms with Crippen molar-refractivity contribution < 1.29 is 48.1 Å². The zero-order valence-corrected chi connectivity index (χ0v) is 24.1. The number of carbonyl (C=O) groups excluding carboxylic acids is 5. The normalized spacial score (nSPS) is 11.4. The second kappa shape index (κ2) is 27.8. The molecule has 40 heavy (non-hydrogen) atoms. The highest BCUT2D eigenvalue weighted by atomic mass is 16.6. The van der Waals surface area contributed by atoms with Gasteiger partial charge in [-0.15, -0.1) is 0 Å². The quantitative estimate of drug-likeness (QED) is 0.0516. The minimum atomic E-state index is -0.882. The first-order valence-corrected chi connectivity index (χ1v) is 15.0. The summed E-state index contributed by atoms with van der Waals surface area (Å²) in [5.74, 6) is -2.08. The largest absolute Gasteiger partial charge is 0.481 e. The van der Waals surface area contributed by atoms with E-state index in [0.717, 1.165) is 83.2 Å². The van der Waals surface area contributed by atoms with E-state index >= 15 is 0 Å². The van der Waals surface area contributed by atoms with E-state index in [-0.39, 0.29) is 38.9 Å². The first-order chi connectivity index (χ1) is 19.4. The number of aliphatic carboxylic acids is 1. The Morgan fingerprint density at radius 1 is 0.500 bits per heavy atom. The predicted octanol–water partition coefficient (Wildman–Crippen LogP) is 5.66. The summed E-state index contributed by atoms with van der Waals surface area (Å²) < 4.78 is 16.0. The van der Waals surface area contributed by atoms with Gasteiger partial charge >= 0.3 is 23.9 Å². The number of esters is 3. The number of hydrogen-bond acceptors (Lipinski definition) is 9. The maximum absolute atomic E-state index is 12.3. The molecule has 0 bridgehead atoms. The third-order valence-electron chi connectivity index (χ3n) is 6.34. The molecule has 1 N–H and O–H groups in total. The van der Waals surface area contributed by atoms with Gasteiger partial charge in [0.15, 0.2) is 6.10 Å². The van der Waals surface area contributed by atoms with Crippen LogP contribution >= 0.6 is 0 Å². The molecule has 0 radical (unpaired) electrons. The maximum Gasteiger partial charge on any atom is 0.306 e. The molecule has 0 saturated carbocycles. The van der Waals surface area contributed by atoms with Crippen LogP contribution in [0.25, 0.3) is 0 Å². The van der Waals surface area contributed by atoms with E-state index in [1.54, 1.807) is 0 Å². The number of carbonyl (C=O) groups is 6. The van der Waals surface area contributed by atoms with E-state index in [1.807, 2.05) is 0 Å². The van der Waals surface area contributed by atoms with Gasteiger partial charge in [0.05, 0.1) is 0 Å². The number of carboxylic acid groups (broad SMARTS) is 1. The molecule has 0 aromatic heterocycles. The molecule has 0 aliphatic carbocycles. The monoisotopic (exact) mass is 570 g/mol. The van der Waals surface area contributed by atoms with Gasteiger partial charge in [0, 0.05) is 38.5 Å². The van der Waals surface area contributed by atoms with Crippen molar-refractivity contribution in [3.8, 4) is 0 Å². The fourth-order valence-electron chi connectivity index (χ4n) is 4.01. The molecular formula is C30H50O10. The number of hydrogen-bond donors (Lipinski definition) is 1. The van der Waals surface area contributed by atoms with Crippen LogP contribution in [0.5, 0.6) is 0 Å². The molecule has 0 heterocycles. The fraction of sp³-hybridized carbons (Fsp3) is 0.800. The molecule has 10 nitrogen and oxygen atoms in total. The first-order valence-electron chi connectivity index (χ1n) is 15.0. The fourth-order valence-corrected chi connectivity index (χ4v) is 4.01. The molecule has 230 valence electrons. The Kier molecular flexibility index (Phi) is 25.8. The van der Waals surface area contributed by atoms with E-state index in [0.29, 0.717) is 38.5 Å². The molecule has 0 aliphatic rings. The minimum Gasteiger partial charge on any atom is -0.481 e. The first kappa shape index (κ1) is 37.2. The zero-order valence-electron chi connectivity index (χ0n) is 24.1. The van der Waals surface area contributed by atoms with Gasteiger partial charge in [0.2, 0.25) is 0 Å². The molecule has 1 atom stereocenters. The average molecular weight is 571 g/mol. The molecule has 1 unspecified atom stereocenters. The van der Waals surface area contributed by atoms with Crippen molar-refractivity contribution >= 4 is 36.4 Å². The molecule has 0 aliphatic heterocycles. The lowest BCUT2D eigenvalue weighted by Gasteiger charge is -2.18. The van der Waals surface area contributed by atoms with Crippen LogP contribution in [0.2, 0.25) is 0 Å². The molecule has 0 saturated heterocycles. The van der Waals surface area contributed by atoms with Crippen molar-refractivity contribution in [2.45, 2.75) is 141 Å². The summed E-state index contributed by atoms with van der Waals surface area (Å²) in [5, 5.41) is 8.65. The third-order valence-corrected chi connectivity index (χ3v) is 6.34. The SMILES string of the molecule is O=CCCCCCCCC(=O)OCC(COC(=O)CCCCCCCC(=O)O)OC(=O)CCCCCCCC=O. The molecule has 0 aromatic rings. The lowest BCUT2D eigenvalue weighted by molar-refractivity contribution is -0.167.